The molecule has 0 heterocycles. The van der Waals surface area contributed by atoms with Crippen LogP contribution in [0, 0.1) is 0 Å². The Morgan fingerprint density at radius 3 is 1.46 bits per heavy atom. The van der Waals surface area contributed by atoms with E-state index in [0.29, 0.717) is 5.25 Å². The quantitative estimate of drug-likeness (QED) is 0.314. The Morgan fingerprint density at radius 2 is 1.08 bits per heavy atom. The van der Waals surface area contributed by atoms with Crippen molar-refractivity contribution in [3.63, 3.8) is 0 Å². The second kappa shape index (κ2) is 8.32. The van der Waals surface area contributed by atoms with E-state index in [1.54, 1.807) is 0 Å². The van der Waals surface area contributed by atoms with Gasteiger partial charge in [0, 0.05) is 0 Å². The van der Waals surface area contributed by atoms with Crippen LogP contribution in [-0.4, -0.2) is 20.3 Å². The Hall–Kier alpha value is -1.04. The SMILES string of the molecule is CC(C)(C)P(=[Se])(SC(c1ccccc1)c1ccccc1)c1ccccc1. The normalized spacial score (nSPS) is 14.2. The molecule has 0 fully saturated rings. The van der Waals surface area contributed by atoms with E-state index in [0.717, 1.165) is 0 Å². The molecule has 134 valence electrons. The van der Waals surface area contributed by atoms with Gasteiger partial charge in [0.25, 0.3) is 0 Å². The number of rotatable bonds is 5. The standard InChI is InChI=1S/C23H25PSSe/c1-23(2,3)24(26,21-17-11-6-12-18-21)25-22(19-13-7-4-8-14-19)20-15-9-5-10-16-20/h4-18,22H,1-3H3. The van der Waals surface area contributed by atoms with Gasteiger partial charge in [0.1, 0.15) is 0 Å². The van der Waals surface area contributed by atoms with Gasteiger partial charge in [-0.15, -0.1) is 0 Å². The molecule has 0 N–H and O–H groups in total. The van der Waals surface area contributed by atoms with Crippen molar-refractivity contribution in [1.82, 2.24) is 0 Å². The molecule has 0 aliphatic carbocycles. The molecule has 0 spiro atoms. The summed E-state index contributed by atoms with van der Waals surface area (Å²) in [6.07, 6.45) is 0. The van der Waals surface area contributed by atoms with Crippen LogP contribution in [0.1, 0.15) is 37.1 Å². The second-order valence-corrected chi connectivity index (χ2v) is 18.3. The molecule has 26 heavy (non-hydrogen) atoms. The van der Waals surface area contributed by atoms with Crippen molar-refractivity contribution in [3.8, 4) is 0 Å². The van der Waals surface area contributed by atoms with Crippen molar-refractivity contribution in [1.29, 1.82) is 0 Å². The molecular formula is C23H25PSSe. The zero-order valence-corrected chi connectivity index (χ0v) is 18.9. The summed E-state index contributed by atoms with van der Waals surface area (Å²) < 4.78 is -1.60. The van der Waals surface area contributed by atoms with Crippen molar-refractivity contribution < 1.29 is 0 Å². The average molecular weight is 443 g/mol. The fourth-order valence-electron chi connectivity index (χ4n) is 2.95. The first-order valence-corrected chi connectivity index (χ1v) is 14.3. The van der Waals surface area contributed by atoms with Gasteiger partial charge in [-0.3, -0.25) is 0 Å². The van der Waals surface area contributed by atoms with Gasteiger partial charge >= 0.3 is 170 Å². The molecule has 3 heteroatoms. The summed E-state index contributed by atoms with van der Waals surface area (Å²) in [6.45, 7) is 7.10. The summed E-state index contributed by atoms with van der Waals surface area (Å²) in [5.41, 5.74) is 2.73. The Balaban J connectivity index is 2.11. The van der Waals surface area contributed by atoms with Gasteiger partial charge in [-0.25, -0.2) is 0 Å². The van der Waals surface area contributed by atoms with Crippen molar-refractivity contribution in [2.24, 2.45) is 0 Å². The molecule has 0 nitrogen and oxygen atoms in total. The van der Waals surface area contributed by atoms with Gasteiger partial charge in [0.2, 0.25) is 0 Å². The maximum absolute atomic E-state index is 3.69. The molecule has 3 aromatic carbocycles. The molecule has 0 saturated heterocycles. The summed E-state index contributed by atoms with van der Waals surface area (Å²) in [4.78, 5) is 0. The molecular weight excluding hydrogens is 418 g/mol. The molecule has 0 aliphatic rings. The maximum atomic E-state index is 3.69. The van der Waals surface area contributed by atoms with Gasteiger partial charge in [-0.05, 0) is 0 Å². The summed E-state index contributed by atoms with van der Waals surface area (Å²) in [5, 5.41) is 1.92. The fraction of sp³-hybridized carbons (Fsp3) is 0.217. The zero-order chi connectivity index (χ0) is 18.6. The molecule has 0 bridgehead atoms. The van der Waals surface area contributed by atoms with E-state index in [1.165, 1.54) is 16.4 Å². The molecule has 0 aliphatic heterocycles. The van der Waals surface area contributed by atoms with E-state index >= 15 is 0 Å². The minimum atomic E-state index is -1.60. The van der Waals surface area contributed by atoms with Crippen LogP contribution in [0.2, 0.25) is 0 Å². The van der Waals surface area contributed by atoms with Crippen LogP contribution < -0.4 is 5.30 Å². The van der Waals surface area contributed by atoms with E-state index in [9.17, 15) is 0 Å². The Bertz CT molecular complexity index is 831. The van der Waals surface area contributed by atoms with Gasteiger partial charge in [-0.1, -0.05) is 0 Å². The summed E-state index contributed by atoms with van der Waals surface area (Å²) in [7, 11) is 0. The van der Waals surface area contributed by atoms with Gasteiger partial charge < -0.3 is 0 Å². The average Bonchev–Trinajstić information content (AvgIpc) is 2.67. The third-order valence-electron chi connectivity index (χ3n) is 4.44. The van der Waals surface area contributed by atoms with Crippen LogP contribution in [-0.2, 0) is 0 Å². The first-order valence-electron chi connectivity index (χ1n) is 8.86. The summed E-state index contributed by atoms with van der Waals surface area (Å²) in [5.74, 6) is 0. The summed E-state index contributed by atoms with van der Waals surface area (Å²) >= 11 is 5.80. The van der Waals surface area contributed by atoms with Crippen LogP contribution in [0.5, 0.6) is 0 Å². The van der Waals surface area contributed by atoms with E-state index in [-0.39, 0.29) is 5.16 Å². The molecule has 0 saturated carbocycles. The van der Waals surface area contributed by atoms with Crippen LogP contribution >= 0.6 is 16.1 Å². The Morgan fingerprint density at radius 1 is 0.692 bits per heavy atom. The van der Waals surface area contributed by atoms with E-state index in [4.69, 9.17) is 0 Å². The van der Waals surface area contributed by atoms with Crippen LogP contribution in [0.25, 0.3) is 0 Å². The molecule has 3 rings (SSSR count). The molecule has 0 radical (unpaired) electrons. The van der Waals surface area contributed by atoms with Crippen molar-refractivity contribution in [2.45, 2.75) is 31.2 Å². The van der Waals surface area contributed by atoms with Gasteiger partial charge in [0.15, 0.2) is 0 Å². The van der Waals surface area contributed by atoms with E-state index in [1.807, 2.05) is 0 Å². The number of hydrogen-bond donors (Lipinski definition) is 0. The predicted molar refractivity (Wildman–Crippen MR) is 121 cm³/mol. The molecule has 1 unspecified atom stereocenters. The molecule has 3 aromatic rings. The van der Waals surface area contributed by atoms with Crippen LogP contribution in [0.4, 0.5) is 0 Å². The fourth-order valence-corrected chi connectivity index (χ4v) is 11.3. The monoisotopic (exact) mass is 444 g/mol. The van der Waals surface area contributed by atoms with E-state index < -0.39 is 4.71 Å². The number of benzene rings is 3. The van der Waals surface area contributed by atoms with Gasteiger partial charge in [0.05, 0.1) is 0 Å². The second-order valence-electron chi connectivity index (χ2n) is 7.36. The van der Waals surface area contributed by atoms with Gasteiger partial charge in [-0.2, -0.15) is 0 Å². The summed E-state index contributed by atoms with van der Waals surface area (Å²) in [6, 6.07) is 32.8. The first kappa shape index (κ1) is 19.7. The van der Waals surface area contributed by atoms with E-state index in [2.05, 4.69) is 138 Å². The first-order chi connectivity index (χ1) is 12.4. The van der Waals surface area contributed by atoms with Crippen molar-refractivity contribution >= 4 is 36.5 Å². The van der Waals surface area contributed by atoms with Crippen LogP contribution in [0.3, 0.4) is 0 Å². The molecule has 0 aromatic heterocycles. The number of hydrogen-bond acceptors (Lipinski definition) is 1. The molecule has 0 amide bonds. The minimum absolute atomic E-state index is 0.167. The Kier molecular flexibility index (Phi) is 6.31. The Labute approximate surface area is 169 Å². The van der Waals surface area contributed by atoms with Crippen molar-refractivity contribution in [3.05, 3.63) is 102 Å². The van der Waals surface area contributed by atoms with Crippen molar-refractivity contribution in [2.75, 3.05) is 0 Å². The third-order valence-corrected chi connectivity index (χ3v) is 18.4. The third kappa shape index (κ3) is 4.26. The molecule has 1 atom stereocenters. The topological polar surface area (TPSA) is 0 Å². The van der Waals surface area contributed by atoms with Crippen LogP contribution in [0.15, 0.2) is 91.0 Å². The zero-order valence-electron chi connectivity index (χ0n) is 15.5. The predicted octanol–water partition coefficient (Wildman–Crippen LogP) is 6.65.